The highest BCUT2D eigenvalue weighted by molar-refractivity contribution is 5.89. The molecule has 1 atom stereocenters. The van der Waals surface area contributed by atoms with Gasteiger partial charge in [0.05, 0.1) is 12.5 Å². The van der Waals surface area contributed by atoms with E-state index in [1.807, 2.05) is 0 Å². The van der Waals surface area contributed by atoms with Gasteiger partial charge in [-0.3, -0.25) is 9.59 Å². The van der Waals surface area contributed by atoms with Gasteiger partial charge in [0.2, 0.25) is 5.91 Å². The first-order valence-electron chi connectivity index (χ1n) is 5.52. The van der Waals surface area contributed by atoms with Crippen molar-refractivity contribution in [2.24, 2.45) is 0 Å². The number of ether oxygens (including phenoxy) is 1. The zero-order valence-corrected chi connectivity index (χ0v) is 10.7. The summed E-state index contributed by atoms with van der Waals surface area (Å²) in [5.74, 6) is -0.696. The fourth-order valence-electron chi connectivity index (χ4n) is 1.67. The third-order valence-electron chi connectivity index (χ3n) is 2.99. The van der Waals surface area contributed by atoms with Crippen molar-refractivity contribution in [2.75, 3.05) is 14.2 Å². The lowest BCUT2D eigenvalue weighted by Gasteiger charge is -2.24. The quantitative estimate of drug-likeness (QED) is 0.823. The van der Waals surface area contributed by atoms with Crippen LogP contribution in [0.5, 0.6) is 5.75 Å². The van der Waals surface area contributed by atoms with E-state index in [-0.39, 0.29) is 12.3 Å². The van der Waals surface area contributed by atoms with Crippen molar-refractivity contribution in [3.63, 3.8) is 0 Å². The predicted octanol–water partition coefficient (Wildman–Crippen LogP) is 1.17. The Balaban J connectivity index is 3.10. The summed E-state index contributed by atoms with van der Waals surface area (Å²) in [6.07, 6.45) is -0.106. The minimum Gasteiger partial charge on any atom is -0.497 e. The summed E-state index contributed by atoms with van der Waals surface area (Å²) < 4.78 is 5.02. The van der Waals surface area contributed by atoms with Gasteiger partial charge < -0.3 is 15.2 Å². The van der Waals surface area contributed by atoms with Gasteiger partial charge in [0.25, 0.3) is 0 Å². The summed E-state index contributed by atoms with van der Waals surface area (Å²) in [5, 5.41) is 11.8. The number of methoxy groups -OCH3 is 1. The Morgan fingerprint density at radius 3 is 2.28 bits per heavy atom. The van der Waals surface area contributed by atoms with E-state index in [1.165, 1.54) is 21.1 Å². The van der Waals surface area contributed by atoms with Crippen molar-refractivity contribution < 1.29 is 19.4 Å². The molecule has 0 radical (unpaired) electrons. The zero-order chi connectivity index (χ0) is 13.8. The molecule has 0 saturated heterocycles. The molecule has 0 bridgehead atoms. The van der Waals surface area contributed by atoms with Crippen LogP contribution in [0.25, 0.3) is 0 Å². The predicted molar refractivity (Wildman–Crippen MR) is 66.7 cm³/mol. The van der Waals surface area contributed by atoms with Gasteiger partial charge in [-0.05, 0) is 24.6 Å². The van der Waals surface area contributed by atoms with E-state index in [4.69, 9.17) is 4.74 Å². The summed E-state index contributed by atoms with van der Waals surface area (Å²) in [6.45, 7) is 1.53. The van der Waals surface area contributed by atoms with Crippen LogP contribution in [0.15, 0.2) is 24.3 Å². The Morgan fingerprint density at radius 1 is 1.33 bits per heavy atom. The molecule has 18 heavy (non-hydrogen) atoms. The molecule has 5 heteroatoms. The number of carbonyl (C=O) groups excluding carboxylic acids is 1. The summed E-state index contributed by atoms with van der Waals surface area (Å²) in [6, 6.07) is 6.69. The highest BCUT2D eigenvalue weighted by atomic mass is 16.5. The van der Waals surface area contributed by atoms with Gasteiger partial charge in [-0.25, -0.2) is 0 Å². The highest BCUT2D eigenvalue weighted by Crippen LogP contribution is 2.29. The molecule has 1 aromatic rings. The fraction of sp³-hybridized carbons (Fsp3) is 0.385. The third-order valence-corrected chi connectivity index (χ3v) is 2.99. The lowest BCUT2D eigenvalue weighted by atomic mass is 9.79. The van der Waals surface area contributed by atoms with Crippen LogP contribution >= 0.6 is 0 Å². The SMILES string of the molecule is CNC(=O)CC(C)(C(=O)O)c1ccc(OC)cc1. The monoisotopic (exact) mass is 251 g/mol. The molecule has 5 nitrogen and oxygen atoms in total. The molecule has 2 N–H and O–H groups in total. The van der Waals surface area contributed by atoms with E-state index in [9.17, 15) is 14.7 Å². The Bertz CT molecular complexity index is 441. The van der Waals surface area contributed by atoms with E-state index in [1.54, 1.807) is 24.3 Å². The lowest BCUT2D eigenvalue weighted by Crippen LogP contribution is -2.37. The summed E-state index contributed by atoms with van der Waals surface area (Å²) >= 11 is 0. The van der Waals surface area contributed by atoms with Gasteiger partial charge >= 0.3 is 5.97 Å². The Kier molecular flexibility index (Phi) is 4.31. The van der Waals surface area contributed by atoms with Crippen molar-refractivity contribution in [3.8, 4) is 5.75 Å². The Hall–Kier alpha value is -2.04. The minimum atomic E-state index is -1.24. The second-order valence-electron chi connectivity index (χ2n) is 4.22. The average Bonchev–Trinajstić information content (AvgIpc) is 2.38. The molecule has 0 aliphatic rings. The molecule has 98 valence electrons. The van der Waals surface area contributed by atoms with Crippen LogP contribution in [0.4, 0.5) is 0 Å². The number of hydrogen-bond donors (Lipinski definition) is 2. The maximum Gasteiger partial charge on any atom is 0.314 e. The number of benzene rings is 1. The van der Waals surface area contributed by atoms with Crippen molar-refractivity contribution in [1.82, 2.24) is 5.32 Å². The molecule has 0 fully saturated rings. The number of aliphatic carboxylic acids is 1. The Morgan fingerprint density at radius 2 is 1.89 bits per heavy atom. The van der Waals surface area contributed by atoms with Crippen LogP contribution < -0.4 is 10.1 Å². The fourth-order valence-corrected chi connectivity index (χ4v) is 1.67. The number of rotatable bonds is 5. The largest absolute Gasteiger partial charge is 0.497 e. The molecule has 1 rings (SSSR count). The number of nitrogens with one attached hydrogen (secondary N) is 1. The smallest absolute Gasteiger partial charge is 0.314 e. The molecule has 0 aromatic heterocycles. The van der Waals surface area contributed by atoms with E-state index in [2.05, 4.69) is 5.32 Å². The molecule has 0 heterocycles. The van der Waals surface area contributed by atoms with Crippen molar-refractivity contribution in [3.05, 3.63) is 29.8 Å². The molecular weight excluding hydrogens is 234 g/mol. The van der Waals surface area contributed by atoms with Gasteiger partial charge in [0, 0.05) is 13.5 Å². The number of carboxylic acid groups (broad SMARTS) is 1. The first-order chi connectivity index (χ1) is 8.43. The number of hydrogen-bond acceptors (Lipinski definition) is 3. The molecule has 1 aromatic carbocycles. The zero-order valence-electron chi connectivity index (χ0n) is 10.7. The van der Waals surface area contributed by atoms with Crippen molar-refractivity contribution in [1.29, 1.82) is 0 Å². The van der Waals surface area contributed by atoms with Gasteiger partial charge in [-0.1, -0.05) is 12.1 Å². The molecule has 0 saturated carbocycles. The van der Waals surface area contributed by atoms with E-state index in [0.717, 1.165) is 0 Å². The molecule has 1 amide bonds. The van der Waals surface area contributed by atoms with Crippen LogP contribution in [0.1, 0.15) is 18.9 Å². The van der Waals surface area contributed by atoms with Crippen LogP contribution in [-0.4, -0.2) is 31.1 Å². The lowest BCUT2D eigenvalue weighted by molar-refractivity contribution is -0.145. The van der Waals surface area contributed by atoms with E-state index in [0.29, 0.717) is 11.3 Å². The molecule has 0 spiro atoms. The average molecular weight is 251 g/mol. The van der Waals surface area contributed by atoms with Crippen LogP contribution in [0, 0.1) is 0 Å². The van der Waals surface area contributed by atoms with Gasteiger partial charge in [-0.2, -0.15) is 0 Å². The normalized spacial score (nSPS) is 13.5. The van der Waals surface area contributed by atoms with Gasteiger partial charge in [-0.15, -0.1) is 0 Å². The summed E-state index contributed by atoms with van der Waals surface area (Å²) in [4.78, 5) is 22.8. The maximum absolute atomic E-state index is 11.4. The summed E-state index contributed by atoms with van der Waals surface area (Å²) in [7, 11) is 3.02. The number of carbonyl (C=O) groups is 2. The van der Waals surface area contributed by atoms with Crippen molar-refractivity contribution in [2.45, 2.75) is 18.8 Å². The molecule has 0 aliphatic heterocycles. The maximum atomic E-state index is 11.4. The first-order valence-corrected chi connectivity index (χ1v) is 5.52. The highest BCUT2D eigenvalue weighted by Gasteiger charge is 2.37. The molecule has 0 aliphatic carbocycles. The van der Waals surface area contributed by atoms with E-state index >= 15 is 0 Å². The van der Waals surface area contributed by atoms with Crippen LogP contribution in [0.2, 0.25) is 0 Å². The standard InChI is InChI=1S/C13H17NO4/c1-13(12(16)17,8-11(15)14-2)9-4-6-10(18-3)7-5-9/h4-7H,8H2,1-3H3,(H,14,15)(H,16,17). The first kappa shape index (κ1) is 14.0. The van der Waals surface area contributed by atoms with E-state index < -0.39 is 11.4 Å². The third kappa shape index (κ3) is 2.80. The Labute approximate surface area is 106 Å². The number of amides is 1. The summed E-state index contributed by atoms with van der Waals surface area (Å²) in [5.41, 5.74) is -0.675. The molecule has 1 unspecified atom stereocenters. The van der Waals surface area contributed by atoms with Crippen LogP contribution in [-0.2, 0) is 15.0 Å². The van der Waals surface area contributed by atoms with Gasteiger partial charge in [0.1, 0.15) is 5.75 Å². The van der Waals surface area contributed by atoms with Crippen molar-refractivity contribution >= 4 is 11.9 Å². The van der Waals surface area contributed by atoms with Crippen LogP contribution in [0.3, 0.4) is 0 Å². The molecular formula is C13H17NO4. The minimum absolute atomic E-state index is 0.106. The van der Waals surface area contributed by atoms with Gasteiger partial charge in [0.15, 0.2) is 0 Å². The second-order valence-corrected chi connectivity index (χ2v) is 4.22. The topological polar surface area (TPSA) is 75.6 Å². The second kappa shape index (κ2) is 5.53. The number of carboxylic acids is 1.